The van der Waals surface area contributed by atoms with E-state index >= 15 is 0 Å². The first-order valence-corrected chi connectivity index (χ1v) is 9.96. The summed E-state index contributed by atoms with van der Waals surface area (Å²) in [5, 5.41) is 3.29. The first-order valence-electron chi connectivity index (χ1n) is 8.79. The number of aliphatic imine (C=N–C) groups is 1. The van der Waals surface area contributed by atoms with E-state index in [1.807, 2.05) is 12.1 Å². The van der Waals surface area contributed by atoms with Crippen LogP contribution >= 0.6 is 35.4 Å². The molecule has 1 nitrogen and oxygen atoms in total. The number of hydrogen-bond donors (Lipinski definition) is 0. The lowest BCUT2D eigenvalue weighted by atomic mass is 9.77. The summed E-state index contributed by atoms with van der Waals surface area (Å²) in [5.74, 6) is 1.62. The molecule has 0 unspecified atom stereocenters. The van der Waals surface area contributed by atoms with Crippen LogP contribution in [0, 0.1) is 5.92 Å². The molecular weight excluding hydrogens is 369 g/mol. The molecule has 1 aliphatic carbocycles. The lowest BCUT2D eigenvalue weighted by Gasteiger charge is -2.28. The molecule has 2 aromatic rings. The highest BCUT2D eigenvalue weighted by molar-refractivity contribution is 7.78. The second-order valence-corrected chi connectivity index (χ2v) is 7.74. The van der Waals surface area contributed by atoms with Crippen LogP contribution in [-0.4, -0.2) is 5.16 Å². The van der Waals surface area contributed by atoms with Crippen LogP contribution in [0.3, 0.4) is 0 Å². The minimum absolute atomic E-state index is 0.478. The molecule has 0 N–H and O–H groups in total. The third-order valence-corrected chi connectivity index (χ3v) is 5.98. The minimum Gasteiger partial charge on any atom is -0.192 e. The maximum atomic E-state index is 6.28. The lowest BCUT2D eigenvalue weighted by Crippen LogP contribution is -2.12. The number of rotatable bonds is 4. The van der Waals surface area contributed by atoms with Crippen molar-refractivity contribution in [2.45, 2.75) is 44.9 Å². The summed E-state index contributed by atoms with van der Waals surface area (Å²) in [5.41, 5.74) is 4.01. The third kappa shape index (κ3) is 4.33. The van der Waals surface area contributed by atoms with Gasteiger partial charge in [0.15, 0.2) is 0 Å². The van der Waals surface area contributed by atoms with Gasteiger partial charge in [0, 0.05) is 0 Å². The zero-order chi connectivity index (χ0) is 17.8. The lowest BCUT2D eigenvalue weighted by molar-refractivity contribution is 0.319. The molecule has 3 rings (SSSR count). The van der Waals surface area contributed by atoms with E-state index in [2.05, 4.69) is 53.6 Å². The zero-order valence-electron chi connectivity index (χ0n) is 14.3. The molecule has 1 saturated carbocycles. The summed E-state index contributed by atoms with van der Waals surface area (Å²) in [6.07, 6.45) is 6.64. The average Bonchev–Trinajstić information content (AvgIpc) is 2.65. The van der Waals surface area contributed by atoms with E-state index in [-0.39, 0.29) is 0 Å². The maximum Gasteiger partial charge on any atom is 0.111 e. The molecule has 0 heterocycles. The molecule has 0 atom stereocenters. The summed E-state index contributed by atoms with van der Waals surface area (Å²) < 4.78 is 0. The predicted octanol–water partition coefficient (Wildman–Crippen LogP) is 8.08. The summed E-state index contributed by atoms with van der Waals surface area (Å²) >= 11 is 17.2. The molecular formula is C21H21Cl2NS. The zero-order valence-corrected chi connectivity index (χ0v) is 16.6. The normalized spacial score (nSPS) is 20.1. The van der Waals surface area contributed by atoms with Crippen LogP contribution in [0.1, 0.15) is 50.5 Å². The fourth-order valence-corrected chi connectivity index (χ4v) is 4.40. The molecule has 0 radical (unpaired) electrons. The summed E-state index contributed by atoms with van der Waals surface area (Å²) in [7, 11) is 0. The smallest absolute Gasteiger partial charge is 0.111 e. The van der Waals surface area contributed by atoms with Gasteiger partial charge < -0.3 is 0 Å². The topological polar surface area (TPSA) is 12.4 Å². The molecule has 1 fully saturated rings. The Kier molecular flexibility index (Phi) is 6.30. The number of benzene rings is 2. The first kappa shape index (κ1) is 18.6. The summed E-state index contributed by atoms with van der Waals surface area (Å²) in [6, 6.07) is 12.6. The van der Waals surface area contributed by atoms with E-state index in [1.165, 1.54) is 37.7 Å². The first-order chi connectivity index (χ1) is 12.1. The van der Waals surface area contributed by atoms with Crippen molar-refractivity contribution in [2.75, 3.05) is 0 Å². The van der Waals surface area contributed by atoms with Crippen molar-refractivity contribution in [1.29, 1.82) is 0 Å². The second-order valence-electron chi connectivity index (χ2n) is 6.74. The van der Waals surface area contributed by atoms with Crippen LogP contribution < -0.4 is 0 Å². The van der Waals surface area contributed by atoms with Crippen molar-refractivity contribution in [1.82, 2.24) is 0 Å². The van der Waals surface area contributed by atoms with Crippen molar-refractivity contribution < 1.29 is 0 Å². The molecule has 4 heteroatoms. The van der Waals surface area contributed by atoms with Crippen LogP contribution in [0.15, 0.2) is 41.4 Å². The number of isothiocyanates is 1. The molecule has 0 aromatic heterocycles. The molecule has 0 spiro atoms. The van der Waals surface area contributed by atoms with E-state index < -0.39 is 0 Å². The highest BCUT2D eigenvalue weighted by atomic mass is 35.5. The SMILES string of the molecule is CCC1CCC(c2ccc(-c3cc(Cl)c(N=C=S)c(Cl)c3)cc2)CC1. The van der Waals surface area contributed by atoms with Gasteiger partial charge >= 0.3 is 0 Å². The van der Waals surface area contributed by atoms with Gasteiger partial charge in [-0.1, -0.05) is 60.8 Å². The van der Waals surface area contributed by atoms with E-state index in [0.29, 0.717) is 21.7 Å². The van der Waals surface area contributed by atoms with Gasteiger partial charge in [0.05, 0.1) is 15.2 Å². The summed E-state index contributed by atoms with van der Waals surface area (Å²) in [6.45, 7) is 2.30. The van der Waals surface area contributed by atoms with E-state index in [0.717, 1.165) is 17.0 Å². The van der Waals surface area contributed by atoms with Gasteiger partial charge in [-0.05, 0) is 78.6 Å². The van der Waals surface area contributed by atoms with Gasteiger partial charge in [-0.3, -0.25) is 0 Å². The quantitative estimate of drug-likeness (QED) is 0.380. The van der Waals surface area contributed by atoms with Gasteiger partial charge in [-0.2, -0.15) is 4.99 Å². The van der Waals surface area contributed by atoms with Crippen LogP contribution in [-0.2, 0) is 0 Å². The van der Waals surface area contributed by atoms with Crippen LogP contribution in [0.4, 0.5) is 5.69 Å². The highest BCUT2D eigenvalue weighted by Crippen LogP contribution is 2.39. The molecule has 130 valence electrons. The van der Waals surface area contributed by atoms with Gasteiger partial charge in [0.25, 0.3) is 0 Å². The fraction of sp³-hybridized carbons (Fsp3) is 0.381. The molecule has 1 aliphatic rings. The van der Waals surface area contributed by atoms with Crippen LogP contribution in [0.2, 0.25) is 10.0 Å². The number of thiocarbonyl (C=S) groups is 1. The van der Waals surface area contributed by atoms with Crippen molar-refractivity contribution >= 4 is 46.3 Å². The Bertz CT molecular complexity index is 763. The maximum absolute atomic E-state index is 6.28. The van der Waals surface area contributed by atoms with Crippen LogP contribution in [0.25, 0.3) is 11.1 Å². The van der Waals surface area contributed by atoms with Gasteiger partial charge in [-0.25, -0.2) is 0 Å². The van der Waals surface area contributed by atoms with Crippen molar-refractivity contribution in [2.24, 2.45) is 10.9 Å². The fourth-order valence-electron chi connectivity index (χ4n) is 3.74. The summed E-state index contributed by atoms with van der Waals surface area (Å²) in [4.78, 5) is 3.93. The van der Waals surface area contributed by atoms with Gasteiger partial charge in [-0.15, -0.1) is 0 Å². The Morgan fingerprint density at radius 1 is 1.00 bits per heavy atom. The van der Waals surface area contributed by atoms with Crippen molar-refractivity contribution in [3.8, 4) is 11.1 Å². The molecule has 0 saturated heterocycles. The Balaban J connectivity index is 1.80. The Morgan fingerprint density at radius 3 is 2.12 bits per heavy atom. The molecule has 0 bridgehead atoms. The molecule has 25 heavy (non-hydrogen) atoms. The Morgan fingerprint density at radius 2 is 1.60 bits per heavy atom. The Labute approximate surface area is 165 Å². The Hall–Kier alpha value is -1.18. The van der Waals surface area contributed by atoms with Crippen molar-refractivity contribution in [3.05, 3.63) is 52.0 Å². The van der Waals surface area contributed by atoms with Gasteiger partial charge in [0.2, 0.25) is 0 Å². The monoisotopic (exact) mass is 389 g/mol. The standard InChI is InChI=1S/C21H21Cl2NS/c1-2-14-3-5-15(6-4-14)16-7-9-17(10-8-16)18-11-19(22)21(24-13-25)20(23)12-18/h7-12,14-15H,2-6H2,1H3. The van der Waals surface area contributed by atoms with Crippen LogP contribution in [0.5, 0.6) is 0 Å². The average molecular weight is 390 g/mol. The number of halogens is 2. The number of nitrogens with zero attached hydrogens (tertiary/aromatic N) is 1. The molecule has 0 aliphatic heterocycles. The van der Waals surface area contributed by atoms with E-state index in [1.54, 1.807) is 0 Å². The predicted molar refractivity (Wildman–Crippen MR) is 112 cm³/mol. The molecule has 2 aromatic carbocycles. The third-order valence-electron chi connectivity index (χ3n) is 5.31. The number of hydrogen-bond acceptors (Lipinski definition) is 2. The van der Waals surface area contributed by atoms with Crippen molar-refractivity contribution in [3.63, 3.8) is 0 Å². The molecule has 0 amide bonds. The highest BCUT2D eigenvalue weighted by Gasteiger charge is 2.21. The second kappa shape index (κ2) is 8.47. The van der Waals surface area contributed by atoms with E-state index in [9.17, 15) is 0 Å². The van der Waals surface area contributed by atoms with Gasteiger partial charge in [0.1, 0.15) is 5.69 Å². The van der Waals surface area contributed by atoms with E-state index in [4.69, 9.17) is 23.2 Å². The minimum atomic E-state index is 0.478. The largest absolute Gasteiger partial charge is 0.192 e.